The fourth-order valence-electron chi connectivity index (χ4n) is 3.04. The van der Waals surface area contributed by atoms with Crippen molar-refractivity contribution in [2.45, 2.75) is 11.8 Å². The molecule has 120 valence electrons. The van der Waals surface area contributed by atoms with E-state index in [0.29, 0.717) is 5.76 Å². The van der Waals surface area contributed by atoms with E-state index < -0.39 is 10.8 Å². The molecular weight excluding hydrogens is 384 g/mol. The van der Waals surface area contributed by atoms with Gasteiger partial charge in [-0.3, -0.25) is 4.21 Å². The SMILES string of the molecule is Cc1ccc(-c2oc3ccc4cc(Br)ccc4c3c2[S@@](C)=O)cc1. The first kappa shape index (κ1) is 15.6. The minimum absolute atomic E-state index is 0.696. The van der Waals surface area contributed by atoms with Gasteiger partial charge >= 0.3 is 0 Å². The molecule has 0 aliphatic carbocycles. The zero-order valence-corrected chi connectivity index (χ0v) is 15.7. The van der Waals surface area contributed by atoms with Gasteiger partial charge in [0.15, 0.2) is 5.76 Å². The Hall–Kier alpha value is -1.91. The minimum atomic E-state index is -1.16. The van der Waals surface area contributed by atoms with Crippen LogP contribution in [0.4, 0.5) is 0 Å². The van der Waals surface area contributed by atoms with Crippen LogP contribution in [-0.4, -0.2) is 10.5 Å². The van der Waals surface area contributed by atoms with Gasteiger partial charge in [-0.2, -0.15) is 0 Å². The number of rotatable bonds is 2. The molecule has 0 saturated carbocycles. The molecule has 3 aromatic carbocycles. The third kappa shape index (κ3) is 2.50. The third-order valence-electron chi connectivity index (χ3n) is 4.19. The van der Waals surface area contributed by atoms with Crippen molar-refractivity contribution in [3.05, 3.63) is 64.6 Å². The monoisotopic (exact) mass is 398 g/mol. The maximum absolute atomic E-state index is 12.5. The van der Waals surface area contributed by atoms with E-state index in [2.05, 4.69) is 22.0 Å². The highest BCUT2D eigenvalue weighted by atomic mass is 79.9. The van der Waals surface area contributed by atoms with E-state index in [1.807, 2.05) is 55.5 Å². The maximum atomic E-state index is 12.5. The van der Waals surface area contributed by atoms with Crippen LogP contribution in [0, 0.1) is 6.92 Å². The van der Waals surface area contributed by atoms with E-state index in [4.69, 9.17) is 4.42 Å². The van der Waals surface area contributed by atoms with Gasteiger partial charge in [0.1, 0.15) is 5.58 Å². The van der Waals surface area contributed by atoms with Gasteiger partial charge in [0.25, 0.3) is 0 Å². The van der Waals surface area contributed by atoms with Gasteiger partial charge in [-0.15, -0.1) is 0 Å². The molecule has 0 saturated heterocycles. The van der Waals surface area contributed by atoms with Crippen molar-refractivity contribution in [3.8, 4) is 11.3 Å². The minimum Gasteiger partial charge on any atom is -0.455 e. The maximum Gasteiger partial charge on any atom is 0.151 e. The van der Waals surface area contributed by atoms with Crippen molar-refractivity contribution >= 4 is 48.5 Å². The van der Waals surface area contributed by atoms with Gasteiger partial charge in [0.2, 0.25) is 0 Å². The summed E-state index contributed by atoms with van der Waals surface area (Å²) in [6.07, 6.45) is 1.71. The van der Waals surface area contributed by atoms with Crippen molar-refractivity contribution < 1.29 is 8.63 Å². The molecule has 2 nitrogen and oxygen atoms in total. The van der Waals surface area contributed by atoms with Crippen molar-refractivity contribution in [1.29, 1.82) is 0 Å². The Morgan fingerprint density at radius 3 is 2.46 bits per heavy atom. The molecule has 24 heavy (non-hydrogen) atoms. The van der Waals surface area contributed by atoms with E-state index in [-0.39, 0.29) is 0 Å². The van der Waals surface area contributed by atoms with Crippen molar-refractivity contribution in [1.82, 2.24) is 0 Å². The van der Waals surface area contributed by atoms with Crippen LogP contribution in [0.2, 0.25) is 0 Å². The van der Waals surface area contributed by atoms with Crippen LogP contribution in [0.15, 0.2) is 68.4 Å². The van der Waals surface area contributed by atoms with Gasteiger partial charge in [-0.1, -0.05) is 57.9 Å². The lowest BCUT2D eigenvalue weighted by Gasteiger charge is -2.03. The lowest BCUT2D eigenvalue weighted by atomic mass is 10.1. The standard InChI is InChI=1S/C20H15BrO2S/c1-12-3-5-13(6-4-12)19-20(24(2)22)18-16-9-8-15(21)11-14(16)7-10-17(18)23-19/h3-11H,1-2H3/t24-/m1/s1. The Labute approximate surface area is 151 Å². The van der Waals surface area contributed by atoms with Gasteiger partial charge in [-0.05, 0) is 35.9 Å². The predicted octanol–water partition coefficient (Wildman–Crippen LogP) is 6.06. The van der Waals surface area contributed by atoms with Crippen LogP contribution in [0.25, 0.3) is 33.1 Å². The molecule has 4 rings (SSSR count). The molecule has 0 N–H and O–H groups in total. The van der Waals surface area contributed by atoms with Crippen molar-refractivity contribution in [2.24, 2.45) is 0 Å². The fraction of sp³-hybridized carbons (Fsp3) is 0.100. The van der Waals surface area contributed by atoms with E-state index >= 15 is 0 Å². The van der Waals surface area contributed by atoms with Crippen molar-refractivity contribution in [3.63, 3.8) is 0 Å². The highest BCUT2D eigenvalue weighted by Gasteiger charge is 2.20. The number of hydrogen-bond donors (Lipinski definition) is 0. The summed E-state index contributed by atoms with van der Waals surface area (Å²) in [5.41, 5.74) is 2.90. The lowest BCUT2D eigenvalue weighted by Crippen LogP contribution is -1.90. The number of halogens is 1. The molecule has 1 atom stereocenters. The molecule has 0 radical (unpaired) electrons. The van der Waals surface area contributed by atoms with Crippen LogP contribution in [0.5, 0.6) is 0 Å². The highest BCUT2D eigenvalue weighted by molar-refractivity contribution is 9.10. The topological polar surface area (TPSA) is 30.2 Å². The smallest absolute Gasteiger partial charge is 0.151 e. The predicted molar refractivity (Wildman–Crippen MR) is 104 cm³/mol. The van der Waals surface area contributed by atoms with Crippen LogP contribution in [-0.2, 0) is 10.8 Å². The van der Waals surface area contributed by atoms with E-state index in [9.17, 15) is 4.21 Å². The van der Waals surface area contributed by atoms with Crippen LogP contribution in [0.1, 0.15) is 5.56 Å². The van der Waals surface area contributed by atoms with Crippen molar-refractivity contribution in [2.75, 3.05) is 6.26 Å². The summed E-state index contributed by atoms with van der Waals surface area (Å²) in [5, 5.41) is 3.10. The summed E-state index contributed by atoms with van der Waals surface area (Å²) in [7, 11) is -1.16. The second kappa shape index (κ2) is 5.87. The lowest BCUT2D eigenvalue weighted by molar-refractivity contribution is 0.622. The molecule has 0 aliphatic heterocycles. The molecule has 4 heteroatoms. The summed E-state index contributed by atoms with van der Waals surface area (Å²) < 4.78 is 19.7. The number of fused-ring (bicyclic) bond motifs is 3. The van der Waals surface area contributed by atoms with E-state index in [1.165, 1.54) is 5.56 Å². The molecule has 0 spiro atoms. The van der Waals surface area contributed by atoms with E-state index in [1.54, 1.807) is 6.26 Å². The molecule has 0 unspecified atom stereocenters. The third-order valence-corrected chi connectivity index (χ3v) is 5.65. The number of aryl methyl sites for hydroxylation is 1. The second-order valence-electron chi connectivity index (χ2n) is 5.88. The van der Waals surface area contributed by atoms with Crippen LogP contribution >= 0.6 is 15.9 Å². The number of benzene rings is 3. The summed E-state index contributed by atoms with van der Waals surface area (Å²) >= 11 is 3.51. The number of furan rings is 1. The zero-order valence-electron chi connectivity index (χ0n) is 13.3. The first-order valence-corrected chi connectivity index (χ1v) is 9.95. The largest absolute Gasteiger partial charge is 0.455 e. The summed E-state index contributed by atoms with van der Waals surface area (Å²) in [4.78, 5) is 0.766. The normalized spacial score (nSPS) is 12.8. The van der Waals surface area contributed by atoms with Gasteiger partial charge in [0.05, 0.1) is 15.7 Å². The zero-order chi connectivity index (χ0) is 16.8. The van der Waals surface area contributed by atoms with Crippen LogP contribution < -0.4 is 0 Å². The first-order chi connectivity index (χ1) is 11.5. The van der Waals surface area contributed by atoms with E-state index in [0.717, 1.165) is 36.7 Å². The second-order valence-corrected chi connectivity index (χ2v) is 8.12. The summed E-state index contributed by atoms with van der Waals surface area (Å²) in [5.74, 6) is 0.696. The molecule has 1 heterocycles. The number of hydrogen-bond acceptors (Lipinski definition) is 2. The van der Waals surface area contributed by atoms with Gasteiger partial charge < -0.3 is 4.42 Å². The molecule has 0 bridgehead atoms. The first-order valence-electron chi connectivity index (χ1n) is 7.60. The average Bonchev–Trinajstić information content (AvgIpc) is 2.95. The Bertz CT molecular complexity index is 1090. The molecule has 0 fully saturated rings. The quantitative estimate of drug-likeness (QED) is 0.410. The average molecular weight is 399 g/mol. The van der Waals surface area contributed by atoms with Gasteiger partial charge in [-0.25, -0.2) is 0 Å². The van der Waals surface area contributed by atoms with Crippen LogP contribution in [0.3, 0.4) is 0 Å². The molecule has 1 aromatic heterocycles. The Morgan fingerprint density at radius 1 is 1.00 bits per heavy atom. The molecular formula is C20H15BrO2S. The summed E-state index contributed by atoms with van der Waals surface area (Å²) in [6.45, 7) is 2.05. The van der Waals surface area contributed by atoms with Gasteiger partial charge in [0, 0.05) is 21.7 Å². The fourth-order valence-corrected chi connectivity index (χ4v) is 4.34. The molecule has 0 aliphatic rings. The molecule has 4 aromatic rings. The Kier molecular flexibility index (Phi) is 3.82. The molecule has 0 amide bonds. The Morgan fingerprint density at radius 2 is 1.75 bits per heavy atom. The Balaban J connectivity index is 2.12. The highest BCUT2D eigenvalue weighted by Crippen LogP contribution is 2.40. The summed E-state index contributed by atoms with van der Waals surface area (Å²) in [6, 6.07) is 18.2.